The van der Waals surface area contributed by atoms with Crippen molar-refractivity contribution in [3.63, 3.8) is 0 Å². The zero-order chi connectivity index (χ0) is 10.1. The van der Waals surface area contributed by atoms with E-state index in [0.717, 1.165) is 18.7 Å². The van der Waals surface area contributed by atoms with E-state index in [-0.39, 0.29) is 16.5 Å². The van der Waals surface area contributed by atoms with Gasteiger partial charge >= 0.3 is 0 Å². The Labute approximate surface area is 86.0 Å². The van der Waals surface area contributed by atoms with Gasteiger partial charge in [-0.15, -0.1) is 0 Å². The van der Waals surface area contributed by atoms with E-state index in [1.807, 2.05) is 0 Å². The third-order valence-electron chi connectivity index (χ3n) is 2.41. The van der Waals surface area contributed by atoms with Gasteiger partial charge in [0.25, 0.3) is 5.69 Å². The van der Waals surface area contributed by atoms with Gasteiger partial charge in [-0.3, -0.25) is 10.1 Å². The number of nitro groups is 1. The summed E-state index contributed by atoms with van der Waals surface area (Å²) in [6.45, 7) is 1.59. The molecule has 4 nitrogen and oxygen atoms in total. The van der Waals surface area contributed by atoms with Crippen LogP contribution in [0.25, 0.3) is 0 Å². The molecule has 1 fully saturated rings. The molecule has 0 atom stereocenters. The summed E-state index contributed by atoms with van der Waals surface area (Å²) in [5.74, 6) is 0.231. The van der Waals surface area contributed by atoms with Crippen LogP contribution in [0.2, 0.25) is 5.02 Å². The largest absolute Gasteiger partial charge is 0.315 e. The quantitative estimate of drug-likeness (QED) is 0.602. The third kappa shape index (κ3) is 1.58. The molecule has 0 radical (unpaired) electrons. The molecule has 1 heterocycles. The van der Waals surface area contributed by atoms with Crippen LogP contribution in [0.3, 0.4) is 0 Å². The number of hydrogen-bond donors (Lipinski definition) is 1. The fourth-order valence-corrected chi connectivity index (χ4v) is 1.71. The molecule has 0 spiro atoms. The van der Waals surface area contributed by atoms with Gasteiger partial charge in [0.1, 0.15) is 0 Å². The first-order valence-corrected chi connectivity index (χ1v) is 4.71. The number of hydrogen-bond acceptors (Lipinski definition) is 3. The number of rotatable bonds is 2. The van der Waals surface area contributed by atoms with Gasteiger partial charge in [-0.2, -0.15) is 0 Å². The fourth-order valence-electron chi connectivity index (χ4n) is 1.53. The zero-order valence-corrected chi connectivity index (χ0v) is 8.12. The molecule has 1 saturated heterocycles. The molecule has 1 N–H and O–H groups in total. The van der Waals surface area contributed by atoms with Crippen LogP contribution < -0.4 is 5.32 Å². The molecule has 0 bridgehead atoms. The molecule has 1 aliphatic heterocycles. The lowest BCUT2D eigenvalue weighted by Gasteiger charge is -2.27. The van der Waals surface area contributed by atoms with E-state index in [0.29, 0.717) is 5.02 Å². The maximum absolute atomic E-state index is 10.7. The summed E-state index contributed by atoms with van der Waals surface area (Å²) < 4.78 is 0. The summed E-state index contributed by atoms with van der Waals surface area (Å²) in [4.78, 5) is 10.4. The Balaban J connectivity index is 2.42. The zero-order valence-electron chi connectivity index (χ0n) is 7.37. The average Bonchev–Trinajstić information content (AvgIpc) is 2.00. The molecule has 0 aromatic heterocycles. The summed E-state index contributed by atoms with van der Waals surface area (Å²) in [6.07, 6.45) is 0. The molecular weight excluding hydrogens is 204 g/mol. The smallest absolute Gasteiger partial charge is 0.273 e. The molecule has 14 heavy (non-hydrogen) atoms. The van der Waals surface area contributed by atoms with Crippen LogP contribution in [0, 0.1) is 10.1 Å². The fraction of sp³-hybridized carbons (Fsp3) is 0.333. The molecule has 0 unspecified atom stereocenters. The molecule has 0 amide bonds. The highest BCUT2D eigenvalue weighted by molar-refractivity contribution is 6.30. The normalized spacial score (nSPS) is 16.4. The average molecular weight is 213 g/mol. The second-order valence-electron chi connectivity index (χ2n) is 3.32. The van der Waals surface area contributed by atoms with E-state index in [4.69, 9.17) is 11.6 Å². The molecule has 0 aliphatic carbocycles. The van der Waals surface area contributed by atoms with Gasteiger partial charge in [0.2, 0.25) is 0 Å². The van der Waals surface area contributed by atoms with Crippen molar-refractivity contribution in [1.82, 2.24) is 5.32 Å². The van der Waals surface area contributed by atoms with Crippen LogP contribution in [0.4, 0.5) is 5.69 Å². The SMILES string of the molecule is O=[N+]([O-])c1ccc(Cl)cc1C1CNC1. The van der Waals surface area contributed by atoms with E-state index in [1.54, 1.807) is 12.1 Å². The number of benzene rings is 1. The van der Waals surface area contributed by atoms with Crippen molar-refractivity contribution in [2.45, 2.75) is 5.92 Å². The molecular formula is C9H9ClN2O2. The number of nitro benzene ring substituents is 1. The van der Waals surface area contributed by atoms with Crippen molar-refractivity contribution in [2.75, 3.05) is 13.1 Å². The Morgan fingerprint density at radius 1 is 1.50 bits per heavy atom. The Morgan fingerprint density at radius 3 is 2.71 bits per heavy atom. The van der Waals surface area contributed by atoms with Crippen LogP contribution in [0.1, 0.15) is 11.5 Å². The van der Waals surface area contributed by atoms with Crippen LogP contribution in [0.15, 0.2) is 18.2 Å². The van der Waals surface area contributed by atoms with E-state index in [9.17, 15) is 10.1 Å². The summed E-state index contributed by atoms with van der Waals surface area (Å²) in [5.41, 5.74) is 0.905. The van der Waals surface area contributed by atoms with E-state index in [1.165, 1.54) is 6.07 Å². The molecule has 1 aliphatic rings. The Morgan fingerprint density at radius 2 is 2.21 bits per heavy atom. The second-order valence-corrected chi connectivity index (χ2v) is 3.75. The highest BCUT2D eigenvalue weighted by Gasteiger charge is 2.26. The minimum Gasteiger partial charge on any atom is -0.315 e. The summed E-state index contributed by atoms with van der Waals surface area (Å²) >= 11 is 5.80. The van der Waals surface area contributed by atoms with Crippen LogP contribution in [-0.2, 0) is 0 Å². The third-order valence-corrected chi connectivity index (χ3v) is 2.64. The molecule has 5 heteroatoms. The lowest BCUT2D eigenvalue weighted by molar-refractivity contribution is -0.385. The van der Waals surface area contributed by atoms with Gasteiger partial charge in [-0.25, -0.2) is 0 Å². The van der Waals surface area contributed by atoms with Crippen molar-refractivity contribution in [3.8, 4) is 0 Å². The molecule has 74 valence electrons. The van der Waals surface area contributed by atoms with Gasteiger partial charge < -0.3 is 5.32 Å². The standard InChI is InChI=1S/C9H9ClN2O2/c10-7-1-2-9(12(13)14)8(3-7)6-4-11-5-6/h1-3,6,11H,4-5H2. The second kappa shape index (κ2) is 3.55. The molecule has 1 aromatic carbocycles. The van der Waals surface area contributed by atoms with E-state index in [2.05, 4.69) is 5.32 Å². The molecule has 1 aromatic rings. The van der Waals surface area contributed by atoms with Gasteiger partial charge in [0.15, 0.2) is 0 Å². The van der Waals surface area contributed by atoms with Crippen molar-refractivity contribution < 1.29 is 4.92 Å². The maximum Gasteiger partial charge on any atom is 0.273 e. The van der Waals surface area contributed by atoms with Crippen LogP contribution in [-0.4, -0.2) is 18.0 Å². The minimum absolute atomic E-state index is 0.168. The monoisotopic (exact) mass is 212 g/mol. The number of halogens is 1. The van der Waals surface area contributed by atoms with Gasteiger partial charge in [-0.1, -0.05) is 11.6 Å². The topological polar surface area (TPSA) is 55.2 Å². The Bertz CT molecular complexity index is 377. The summed E-state index contributed by atoms with van der Waals surface area (Å²) in [5, 5.41) is 14.4. The van der Waals surface area contributed by atoms with Gasteiger partial charge in [0.05, 0.1) is 4.92 Å². The lowest BCUT2D eigenvalue weighted by Crippen LogP contribution is -2.40. The highest BCUT2D eigenvalue weighted by Crippen LogP contribution is 2.31. The van der Waals surface area contributed by atoms with Crippen LogP contribution in [0.5, 0.6) is 0 Å². The number of nitrogens with zero attached hydrogens (tertiary/aromatic N) is 1. The Kier molecular flexibility index (Phi) is 2.39. The maximum atomic E-state index is 10.7. The highest BCUT2D eigenvalue weighted by atomic mass is 35.5. The summed E-state index contributed by atoms with van der Waals surface area (Å²) in [6, 6.07) is 4.70. The number of nitrogens with one attached hydrogen (secondary N) is 1. The van der Waals surface area contributed by atoms with Crippen molar-refractivity contribution in [2.24, 2.45) is 0 Å². The predicted octanol–water partition coefficient (Wildman–Crippen LogP) is 1.93. The van der Waals surface area contributed by atoms with E-state index < -0.39 is 0 Å². The first kappa shape index (κ1) is 9.43. The summed E-state index contributed by atoms with van der Waals surface area (Å²) in [7, 11) is 0. The Hall–Kier alpha value is -1.13. The first-order valence-electron chi connectivity index (χ1n) is 4.33. The van der Waals surface area contributed by atoms with E-state index >= 15 is 0 Å². The van der Waals surface area contributed by atoms with Gasteiger partial charge in [-0.05, 0) is 12.1 Å². The van der Waals surface area contributed by atoms with Crippen molar-refractivity contribution >= 4 is 17.3 Å². The lowest BCUT2D eigenvalue weighted by atomic mass is 9.92. The van der Waals surface area contributed by atoms with Crippen molar-refractivity contribution in [3.05, 3.63) is 38.9 Å². The van der Waals surface area contributed by atoms with Gasteiger partial charge in [0, 0.05) is 35.7 Å². The minimum atomic E-state index is -0.357. The van der Waals surface area contributed by atoms with Crippen LogP contribution >= 0.6 is 11.6 Å². The first-order chi connectivity index (χ1) is 6.68. The predicted molar refractivity (Wildman–Crippen MR) is 53.7 cm³/mol. The van der Waals surface area contributed by atoms with Crippen molar-refractivity contribution in [1.29, 1.82) is 0 Å². The molecule has 2 rings (SSSR count). The molecule has 0 saturated carbocycles.